The predicted molar refractivity (Wildman–Crippen MR) is 104 cm³/mol. The van der Waals surface area contributed by atoms with Crippen LogP contribution in [-0.4, -0.2) is 15.2 Å². The summed E-state index contributed by atoms with van der Waals surface area (Å²) in [6.45, 7) is 14.6. The summed E-state index contributed by atoms with van der Waals surface area (Å²) in [7, 11) is -2.64. The van der Waals surface area contributed by atoms with E-state index in [4.69, 9.17) is 0 Å². The predicted octanol–water partition coefficient (Wildman–Crippen LogP) is 4.73. The summed E-state index contributed by atoms with van der Waals surface area (Å²) in [6, 6.07) is 17.2. The highest BCUT2D eigenvalue weighted by Crippen LogP contribution is 2.20. The highest BCUT2D eigenvalue weighted by molar-refractivity contribution is 7.45. The normalized spacial score (nSPS) is 11.7. The van der Waals surface area contributed by atoms with Crippen LogP contribution in [0.2, 0.25) is 32.7 Å². The zero-order valence-corrected chi connectivity index (χ0v) is 16.6. The third kappa shape index (κ3) is 3.60. The van der Waals surface area contributed by atoms with Gasteiger partial charge in [0.15, 0.2) is 0 Å². The van der Waals surface area contributed by atoms with Crippen LogP contribution in [-0.2, 0) is 0 Å². The Morgan fingerprint density at radius 2 is 1.32 bits per heavy atom. The molecule has 2 aromatic rings. The maximum Gasteiger partial charge on any atom is 0.0752 e. The van der Waals surface area contributed by atoms with E-state index in [1.165, 1.54) is 16.3 Å². The van der Waals surface area contributed by atoms with Crippen molar-refractivity contribution in [1.29, 1.82) is 0 Å². The topological polar surface area (TPSA) is 0 Å². The van der Waals surface area contributed by atoms with E-state index in [0.29, 0.717) is 0 Å². The first kappa shape index (κ1) is 16.8. The molecular formula is C20H26Si2. The van der Waals surface area contributed by atoms with Crippen molar-refractivity contribution in [1.82, 2.24) is 0 Å². The Balaban J connectivity index is 2.45. The Kier molecular flexibility index (Phi) is 4.79. The Hall–Kier alpha value is -1.57. The number of hydrogen-bond acceptors (Lipinski definition) is 0. The van der Waals surface area contributed by atoms with Gasteiger partial charge in [-0.3, -0.25) is 0 Å². The molecule has 0 unspecified atom stereocenters. The van der Waals surface area contributed by atoms with Gasteiger partial charge in [0.1, 0.15) is 0 Å². The van der Waals surface area contributed by atoms with Crippen molar-refractivity contribution in [3.8, 4) is 11.8 Å². The molecule has 0 aliphatic rings. The van der Waals surface area contributed by atoms with Crippen molar-refractivity contribution in [3.05, 3.63) is 65.2 Å². The Bertz CT molecular complexity index is 708. The summed E-state index contributed by atoms with van der Waals surface area (Å²) < 4.78 is 0. The Morgan fingerprint density at radius 1 is 0.727 bits per heavy atom. The van der Waals surface area contributed by atoms with Gasteiger partial charge in [0.25, 0.3) is 0 Å². The lowest BCUT2D eigenvalue weighted by atomic mass is 10.1. The molecule has 0 aromatic heterocycles. The van der Waals surface area contributed by atoms with Crippen LogP contribution in [0.25, 0.3) is 0 Å². The molecule has 0 saturated heterocycles. The molecule has 22 heavy (non-hydrogen) atoms. The second-order valence-corrected chi connectivity index (χ2v) is 24.1. The Morgan fingerprint density at radius 3 is 1.91 bits per heavy atom. The number of rotatable bonds is 2. The van der Waals surface area contributed by atoms with E-state index in [2.05, 4.69) is 100 Å². The molecule has 0 atom stereocenters. The minimum absolute atomic E-state index is 1.09. The average Bonchev–Trinajstić information content (AvgIpc) is 2.46. The van der Waals surface area contributed by atoms with Gasteiger partial charge in [-0.2, -0.15) is 0 Å². The summed E-state index contributed by atoms with van der Waals surface area (Å²) in [5.74, 6) is 6.77. The third-order valence-corrected chi connectivity index (χ3v) is 22.5. The van der Waals surface area contributed by atoms with Crippen LogP contribution < -0.4 is 5.19 Å². The molecule has 0 fully saturated rings. The quantitative estimate of drug-likeness (QED) is 0.554. The fourth-order valence-electron chi connectivity index (χ4n) is 2.32. The highest BCUT2D eigenvalue weighted by atomic mass is 29.3. The number of hydrogen-bond donors (Lipinski definition) is 0. The van der Waals surface area contributed by atoms with E-state index in [1.807, 2.05) is 0 Å². The smallest absolute Gasteiger partial charge is 0.0712 e. The van der Waals surface area contributed by atoms with Gasteiger partial charge in [0.05, 0.1) is 7.59 Å². The second-order valence-electron chi connectivity index (χ2n) is 7.54. The molecule has 0 saturated carbocycles. The third-order valence-electron chi connectivity index (χ3n) is 4.87. The molecule has 0 bridgehead atoms. The summed E-state index contributed by atoms with van der Waals surface area (Å²) in [5, 5.41) is 1.52. The van der Waals surface area contributed by atoms with Gasteiger partial charge in [0.2, 0.25) is 0 Å². The van der Waals surface area contributed by atoms with E-state index in [-0.39, 0.29) is 0 Å². The second kappa shape index (κ2) is 6.28. The first-order valence-corrected chi connectivity index (χ1v) is 15.4. The first-order valence-electron chi connectivity index (χ1n) is 7.90. The number of benzene rings is 2. The van der Waals surface area contributed by atoms with Crippen molar-refractivity contribution in [3.63, 3.8) is 0 Å². The van der Waals surface area contributed by atoms with E-state index < -0.39 is 15.2 Å². The maximum atomic E-state index is 3.43. The molecule has 0 aliphatic carbocycles. The standard InChI is InChI=1S/C20H26Si2/c1-17-11-13-18(14-12-17)15-16-19-9-7-8-10-20(19)22(5,6)21(2,3)4/h7-14H,1-6H3. The van der Waals surface area contributed by atoms with Crippen LogP contribution in [0.5, 0.6) is 0 Å². The monoisotopic (exact) mass is 322 g/mol. The van der Waals surface area contributed by atoms with Crippen LogP contribution >= 0.6 is 0 Å². The minimum Gasteiger partial charge on any atom is -0.0712 e. The van der Waals surface area contributed by atoms with E-state index >= 15 is 0 Å². The summed E-state index contributed by atoms with van der Waals surface area (Å²) in [4.78, 5) is 0. The van der Waals surface area contributed by atoms with Crippen molar-refractivity contribution >= 4 is 20.4 Å². The molecule has 2 heteroatoms. The van der Waals surface area contributed by atoms with Gasteiger partial charge >= 0.3 is 0 Å². The van der Waals surface area contributed by atoms with Gasteiger partial charge in [-0.25, -0.2) is 0 Å². The van der Waals surface area contributed by atoms with Crippen LogP contribution in [0.15, 0.2) is 48.5 Å². The molecule has 0 N–H and O–H groups in total. The lowest BCUT2D eigenvalue weighted by Crippen LogP contribution is -2.61. The van der Waals surface area contributed by atoms with Gasteiger partial charge in [-0.1, -0.05) is 80.5 Å². The van der Waals surface area contributed by atoms with E-state index in [0.717, 1.165) is 5.56 Å². The maximum absolute atomic E-state index is 3.43. The number of aryl methyl sites for hydroxylation is 1. The van der Waals surface area contributed by atoms with Gasteiger partial charge in [-0.15, -0.1) is 0 Å². The fourth-order valence-corrected chi connectivity index (χ4v) is 7.54. The SMILES string of the molecule is Cc1ccc(C#Cc2ccccc2[Si](C)(C)[Si](C)(C)C)cc1. The van der Waals surface area contributed by atoms with Gasteiger partial charge < -0.3 is 0 Å². The zero-order valence-electron chi connectivity index (χ0n) is 14.6. The minimum atomic E-state index is -1.44. The van der Waals surface area contributed by atoms with Crippen LogP contribution in [0.3, 0.4) is 0 Å². The summed E-state index contributed by atoms with van der Waals surface area (Å²) in [5.41, 5.74) is 3.59. The van der Waals surface area contributed by atoms with Crippen molar-refractivity contribution in [2.45, 2.75) is 39.7 Å². The van der Waals surface area contributed by atoms with E-state index in [9.17, 15) is 0 Å². The largest absolute Gasteiger partial charge is 0.0752 e. The molecule has 2 aromatic carbocycles. The lowest BCUT2D eigenvalue weighted by molar-refractivity contribution is 1.46. The molecule has 0 spiro atoms. The average molecular weight is 323 g/mol. The van der Waals surface area contributed by atoms with Gasteiger partial charge in [0, 0.05) is 18.7 Å². The molecule has 114 valence electrons. The zero-order chi connectivity index (χ0) is 16.4. The van der Waals surface area contributed by atoms with Crippen molar-refractivity contribution in [2.24, 2.45) is 0 Å². The van der Waals surface area contributed by atoms with Crippen LogP contribution in [0.4, 0.5) is 0 Å². The molecule has 0 aliphatic heterocycles. The van der Waals surface area contributed by atoms with Crippen molar-refractivity contribution in [2.75, 3.05) is 0 Å². The molecule has 0 heterocycles. The molecule has 0 amide bonds. The lowest BCUT2D eigenvalue weighted by Gasteiger charge is -2.36. The fraction of sp³-hybridized carbons (Fsp3) is 0.300. The molecule has 0 nitrogen and oxygen atoms in total. The van der Waals surface area contributed by atoms with Crippen molar-refractivity contribution < 1.29 is 0 Å². The summed E-state index contributed by atoms with van der Waals surface area (Å²) in [6.07, 6.45) is 0. The molecule has 2 rings (SSSR count). The van der Waals surface area contributed by atoms with E-state index in [1.54, 1.807) is 0 Å². The van der Waals surface area contributed by atoms with Crippen LogP contribution in [0.1, 0.15) is 16.7 Å². The Labute approximate surface area is 137 Å². The first-order chi connectivity index (χ1) is 10.2. The molecular weight excluding hydrogens is 296 g/mol. The highest BCUT2D eigenvalue weighted by Gasteiger charge is 2.39. The van der Waals surface area contributed by atoms with Gasteiger partial charge in [-0.05, 0) is 30.3 Å². The molecule has 0 radical (unpaired) electrons. The summed E-state index contributed by atoms with van der Waals surface area (Å²) >= 11 is 0. The van der Waals surface area contributed by atoms with Crippen LogP contribution in [0, 0.1) is 18.8 Å².